The molecule has 0 spiro atoms. The van der Waals surface area contributed by atoms with Crippen molar-refractivity contribution in [1.29, 1.82) is 0 Å². The lowest BCUT2D eigenvalue weighted by Gasteiger charge is -2.31. The molecular weight excluding hydrogens is 444 g/mol. The minimum absolute atomic E-state index is 0.259. The number of anilines is 4. The third kappa shape index (κ3) is 6.71. The van der Waals surface area contributed by atoms with Crippen LogP contribution in [0.4, 0.5) is 23.8 Å². The van der Waals surface area contributed by atoms with E-state index in [1.54, 1.807) is 14.1 Å². The molecule has 2 aromatic rings. The van der Waals surface area contributed by atoms with E-state index in [1.165, 1.54) is 21.6 Å². The van der Waals surface area contributed by atoms with Crippen molar-refractivity contribution in [3.05, 3.63) is 0 Å². The van der Waals surface area contributed by atoms with E-state index in [1.807, 2.05) is 0 Å². The van der Waals surface area contributed by atoms with Crippen LogP contribution in [0.2, 0.25) is 0 Å². The van der Waals surface area contributed by atoms with Gasteiger partial charge < -0.3 is 20.4 Å². The summed E-state index contributed by atoms with van der Waals surface area (Å²) < 4.78 is 0. The lowest BCUT2D eigenvalue weighted by atomic mass is 10.2. The van der Waals surface area contributed by atoms with Crippen LogP contribution in [-0.2, 0) is 0 Å². The van der Waals surface area contributed by atoms with E-state index in [4.69, 9.17) is 9.97 Å². The third-order valence-corrected chi connectivity index (χ3v) is 6.42. The molecule has 0 saturated heterocycles. The first-order chi connectivity index (χ1) is 15.1. The van der Waals surface area contributed by atoms with E-state index in [9.17, 15) is 0 Å². The Hall–Kier alpha value is -2.08. The molecule has 2 N–H and O–H groups in total. The average molecular weight is 481 g/mol. The van der Waals surface area contributed by atoms with Crippen LogP contribution in [0.1, 0.15) is 55.4 Å². The standard InChI is InChI=1S/C20H36N10S2/c1-11(2)29(12(3)4)17-23-15(21-9)25-19(27-17)31-32-20-26-16(22-10)24-18(28-20)30(13(5)6)14(7)8/h11-14H,1-10H3,(H,21,23,25,27)(H,22,24,26,28). The molecule has 0 aliphatic rings. The van der Waals surface area contributed by atoms with Crippen molar-refractivity contribution in [1.82, 2.24) is 29.9 Å². The Balaban J connectivity index is 2.35. The SMILES string of the molecule is CNc1nc(SSc2nc(NC)nc(N(C(C)C)C(C)C)n2)nc(N(C(C)C)C(C)C)n1. The largest absolute Gasteiger partial charge is 0.357 e. The van der Waals surface area contributed by atoms with E-state index in [0.717, 1.165) is 0 Å². The summed E-state index contributed by atoms with van der Waals surface area (Å²) in [5, 5.41) is 7.25. The first-order valence-corrected chi connectivity index (χ1v) is 13.0. The van der Waals surface area contributed by atoms with Gasteiger partial charge in [-0.05, 0) is 77.0 Å². The Bertz CT molecular complexity index is 788. The first kappa shape index (κ1) is 26.2. The van der Waals surface area contributed by atoms with E-state index >= 15 is 0 Å². The molecule has 32 heavy (non-hydrogen) atoms. The average Bonchev–Trinajstić information content (AvgIpc) is 2.70. The highest BCUT2D eigenvalue weighted by Gasteiger charge is 2.21. The van der Waals surface area contributed by atoms with Crippen LogP contribution in [0.3, 0.4) is 0 Å². The molecule has 0 aliphatic carbocycles. The van der Waals surface area contributed by atoms with Crippen LogP contribution in [0.25, 0.3) is 0 Å². The van der Waals surface area contributed by atoms with Crippen molar-refractivity contribution in [2.45, 2.75) is 89.9 Å². The predicted molar refractivity (Wildman–Crippen MR) is 136 cm³/mol. The maximum absolute atomic E-state index is 4.70. The topological polar surface area (TPSA) is 108 Å². The highest BCUT2D eigenvalue weighted by atomic mass is 33.1. The Labute approximate surface area is 199 Å². The minimum Gasteiger partial charge on any atom is -0.357 e. The third-order valence-electron chi connectivity index (χ3n) is 4.53. The van der Waals surface area contributed by atoms with Gasteiger partial charge in [-0.1, -0.05) is 0 Å². The van der Waals surface area contributed by atoms with Crippen molar-refractivity contribution in [3.63, 3.8) is 0 Å². The summed E-state index contributed by atoms with van der Waals surface area (Å²) in [6.45, 7) is 17.0. The summed E-state index contributed by atoms with van der Waals surface area (Å²) in [5.41, 5.74) is 0. The van der Waals surface area contributed by atoms with Gasteiger partial charge in [0.15, 0.2) is 0 Å². The van der Waals surface area contributed by atoms with Gasteiger partial charge >= 0.3 is 0 Å². The molecule has 0 amide bonds. The Morgan fingerprint density at radius 1 is 0.531 bits per heavy atom. The number of aromatic nitrogens is 6. The lowest BCUT2D eigenvalue weighted by Crippen LogP contribution is -2.38. The summed E-state index contributed by atoms with van der Waals surface area (Å²) in [4.78, 5) is 31.9. The Morgan fingerprint density at radius 3 is 1.09 bits per heavy atom. The zero-order chi connectivity index (χ0) is 24.0. The molecule has 10 nitrogen and oxygen atoms in total. The smallest absolute Gasteiger partial charge is 0.231 e. The summed E-state index contributed by atoms with van der Waals surface area (Å²) in [6, 6.07) is 1.04. The van der Waals surface area contributed by atoms with E-state index < -0.39 is 0 Å². The summed E-state index contributed by atoms with van der Waals surface area (Å²) >= 11 is 0. The molecule has 0 fully saturated rings. The molecular formula is C20H36N10S2. The Kier molecular flexibility index (Phi) is 9.56. The van der Waals surface area contributed by atoms with Gasteiger partial charge in [-0.15, -0.1) is 0 Å². The van der Waals surface area contributed by atoms with Gasteiger partial charge in [-0.3, -0.25) is 0 Å². The van der Waals surface area contributed by atoms with E-state index in [-0.39, 0.29) is 24.2 Å². The fourth-order valence-electron chi connectivity index (χ4n) is 3.41. The second-order valence-corrected chi connectivity index (χ2v) is 10.4. The van der Waals surface area contributed by atoms with Gasteiger partial charge in [0, 0.05) is 38.3 Å². The number of nitrogens with one attached hydrogen (secondary N) is 2. The van der Waals surface area contributed by atoms with Crippen LogP contribution in [0.5, 0.6) is 0 Å². The zero-order valence-corrected chi connectivity index (χ0v) is 22.3. The van der Waals surface area contributed by atoms with Crippen molar-refractivity contribution < 1.29 is 0 Å². The van der Waals surface area contributed by atoms with Crippen molar-refractivity contribution in [3.8, 4) is 0 Å². The first-order valence-electron chi connectivity index (χ1n) is 10.9. The fraction of sp³-hybridized carbons (Fsp3) is 0.700. The molecule has 0 radical (unpaired) electrons. The van der Waals surface area contributed by atoms with Crippen molar-refractivity contribution in [2.24, 2.45) is 0 Å². The quantitative estimate of drug-likeness (QED) is 0.450. The fourth-order valence-corrected chi connectivity index (χ4v) is 4.94. The van der Waals surface area contributed by atoms with Crippen LogP contribution >= 0.6 is 21.6 Å². The molecule has 0 aliphatic heterocycles. The highest BCUT2D eigenvalue weighted by Crippen LogP contribution is 2.35. The van der Waals surface area contributed by atoms with Gasteiger partial charge in [0.05, 0.1) is 0 Å². The van der Waals surface area contributed by atoms with Gasteiger partial charge in [0.25, 0.3) is 0 Å². The summed E-state index contributed by atoms with van der Waals surface area (Å²) in [7, 11) is 6.42. The van der Waals surface area contributed by atoms with Crippen LogP contribution in [0.15, 0.2) is 10.3 Å². The minimum atomic E-state index is 0.259. The van der Waals surface area contributed by atoms with Gasteiger partial charge in [-0.2, -0.15) is 29.9 Å². The summed E-state index contributed by atoms with van der Waals surface area (Å²) in [6.07, 6.45) is 0. The van der Waals surface area contributed by atoms with E-state index in [2.05, 4.69) is 95.8 Å². The summed E-state index contributed by atoms with van der Waals surface area (Å²) in [5.74, 6) is 2.36. The van der Waals surface area contributed by atoms with Gasteiger partial charge in [0.1, 0.15) is 0 Å². The Morgan fingerprint density at radius 2 is 0.844 bits per heavy atom. The lowest BCUT2D eigenvalue weighted by molar-refractivity contribution is 0.585. The maximum atomic E-state index is 4.70. The number of hydrogen-bond acceptors (Lipinski definition) is 12. The van der Waals surface area contributed by atoms with Crippen molar-refractivity contribution in [2.75, 3.05) is 34.5 Å². The monoisotopic (exact) mass is 480 g/mol. The molecule has 0 saturated carbocycles. The highest BCUT2D eigenvalue weighted by molar-refractivity contribution is 8.76. The maximum Gasteiger partial charge on any atom is 0.231 e. The molecule has 178 valence electrons. The molecule has 0 unspecified atom stereocenters. The van der Waals surface area contributed by atoms with E-state index in [0.29, 0.717) is 34.1 Å². The second kappa shape index (κ2) is 11.7. The molecule has 2 rings (SSSR count). The number of hydrogen-bond donors (Lipinski definition) is 2. The molecule has 12 heteroatoms. The zero-order valence-electron chi connectivity index (χ0n) is 20.7. The molecule has 0 aromatic carbocycles. The van der Waals surface area contributed by atoms with Crippen molar-refractivity contribution >= 4 is 45.4 Å². The van der Waals surface area contributed by atoms with Gasteiger partial charge in [0.2, 0.25) is 34.1 Å². The predicted octanol–water partition coefficient (Wildman–Crippen LogP) is 4.19. The molecule has 0 bridgehead atoms. The van der Waals surface area contributed by atoms with Crippen LogP contribution in [-0.4, -0.2) is 68.2 Å². The molecule has 2 heterocycles. The van der Waals surface area contributed by atoms with Crippen LogP contribution in [0, 0.1) is 0 Å². The van der Waals surface area contributed by atoms with Gasteiger partial charge in [-0.25, -0.2) is 0 Å². The molecule has 2 aromatic heterocycles. The molecule has 0 atom stereocenters. The number of nitrogens with zero attached hydrogens (tertiary/aromatic N) is 8. The number of rotatable bonds is 11. The van der Waals surface area contributed by atoms with Crippen LogP contribution < -0.4 is 20.4 Å². The normalized spacial score (nSPS) is 11.6. The second-order valence-electron chi connectivity index (χ2n) is 8.34.